The first-order valence-electron chi connectivity index (χ1n) is 8.96. The maximum atomic E-state index is 12.5. The Kier molecular flexibility index (Phi) is 7.23. The molecule has 0 spiro atoms. The number of carbonyl (C=O) groups is 2. The van der Waals surface area contributed by atoms with Gasteiger partial charge in [-0.25, -0.2) is 4.79 Å². The van der Waals surface area contributed by atoms with Crippen molar-refractivity contribution in [2.45, 2.75) is 33.8 Å². The van der Waals surface area contributed by atoms with E-state index in [4.69, 9.17) is 14.2 Å². The topological polar surface area (TPSA) is 73.9 Å². The number of hydrogen-bond acceptors (Lipinski definition) is 5. The fourth-order valence-corrected chi connectivity index (χ4v) is 2.39. The number of carbonyl (C=O) groups excluding carboxylic acids is 2. The van der Waals surface area contributed by atoms with Crippen LogP contribution in [0.1, 0.15) is 48.4 Å². The van der Waals surface area contributed by atoms with Crippen LogP contribution in [0.2, 0.25) is 0 Å². The van der Waals surface area contributed by atoms with Crippen LogP contribution >= 0.6 is 0 Å². The molecule has 0 aliphatic heterocycles. The fraction of sp³-hybridized carbons (Fsp3) is 0.333. The number of rotatable bonds is 8. The first kappa shape index (κ1) is 20.3. The Hall–Kier alpha value is -3.02. The van der Waals surface area contributed by atoms with E-state index in [0.717, 1.165) is 0 Å². The van der Waals surface area contributed by atoms with Crippen LogP contribution in [-0.4, -0.2) is 31.2 Å². The summed E-state index contributed by atoms with van der Waals surface area (Å²) in [6.45, 7) is 8.14. The zero-order chi connectivity index (χ0) is 19.8. The number of benzene rings is 2. The molecule has 1 N–H and O–H groups in total. The van der Waals surface area contributed by atoms with Crippen LogP contribution in [0.4, 0.5) is 5.69 Å². The minimum absolute atomic E-state index is 0.0661. The summed E-state index contributed by atoms with van der Waals surface area (Å²) in [6, 6.07) is 11.7. The van der Waals surface area contributed by atoms with E-state index < -0.39 is 5.97 Å². The minimum atomic E-state index is -0.433. The van der Waals surface area contributed by atoms with Crippen molar-refractivity contribution >= 4 is 17.6 Å². The van der Waals surface area contributed by atoms with E-state index in [1.807, 2.05) is 20.8 Å². The van der Waals surface area contributed by atoms with Crippen LogP contribution in [0, 0.1) is 0 Å². The van der Waals surface area contributed by atoms with E-state index in [2.05, 4.69) is 5.32 Å². The van der Waals surface area contributed by atoms with Gasteiger partial charge >= 0.3 is 5.97 Å². The van der Waals surface area contributed by atoms with Crippen molar-refractivity contribution in [2.24, 2.45) is 0 Å². The molecule has 0 radical (unpaired) electrons. The van der Waals surface area contributed by atoms with Crippen LogP contribution < -0.4 is 14.8 Å². The Labute approximate surface area is 159 Å². The Morgan fingerprint density at radius 2 is 1.63 bits per heavy atom. The minimum Gasteiger partial charge on any atom is -0.492 e. The molecule has 0 saturated carbocycles. The van der Waals surface area contributed by atoms with E-state index in [1.165, 1.54) is 0 Å². The lowest BCUT2D eigenvalue weighted by Crippen LogP contribution is -2.14. The Morgan fingerprint density at radius 1 is 0.963 bits per heavy atom. The van der Waals surface area contributed by atoms with Crippen molar-refractivity contribution in [2.75, 3.05) is 18.5 Å². The average molecular weight is 371 g/mol. The Balaban J connectivity index is 2.17. The molecule has 6 nitrogen and oxygen atoms in total. The molecule has 1 amide bonds. The van der Waals surface area contributed by atoms with Gasteiger partial charge in [-0.2, -0.15) is 0 Å². The van der Waals surface area contributed by atoms with Gasteiger partial charge in [0.1, 0.15) is 11.5 Å². The van der Waals surface area contributed by atoms with Crippen molar-refractivity contribution in [3.8, 4) is 11.5 Å². The monoisotopic (exact) mass is 371 g/mol. The van der Waals surface area contributed by atoms with Gasteiger partial charge in [-0.05, 0) is 70.2 Å². The van der Waals surface area contributed by atoms with Gasteiger partial charge in [0, 0.05) is 5.56 Å². The molecule has 0 heterocycles. The third kappa shape index (κ3) is 5.74. The largest absolute Gasteiger partial charge is 0.492 e. The Morgan fingerprint density at radius 3 is 2.22 bits per heavy atom. The first-order chi connectivity index (χ1) is 12.9. The van der Waals surface area contributed by atoms with Crippen LogP contribution in [0.5, 0.6) is 11.5 Å². The van der Waals surface area contributed by atoms with E-state index >= 15 is 0 Å². The van der Waals surface area contributed by atoms with Gasteiger partial charge < -0.3 is 19.5 Å². The molecule has 2 rings (SSSR count). The van der Waals surface area contributed by atoms with Crippen molar-refractivity contribution < 1.29 is 23.8 Å². The van der Waals surface area contributed by atoms with Gasteiger partial charge in [-0.1, -0.05) is 0 Å². The standard InChI is InChI=1S/C21H25NO5/c1-5-25-19-13-16(21(24)26-6-2)9-12-18(19)22-20(23)15-7-10-17(11-8-15)27-14(3)4/h7-14H,5-6H2,1-4H3,(H,22,23). The third-order valence-electron chi connectivity index (χ3n) is 3.53. The summed E-state index contributed by atoms with van der Waals surface area (Å²) in [7, 11) is 0. The molecule has 0 aromatic heterocycles. The van der Waals surface area contributed by atoms with Crippen molar-refractivity contribution in [1.29, 1.82) is 0 Å². The SMILES string of the molecule is CCOC(=O)c1ccc(NC(=O)c2ccc(OC(C)C)cc2)c(OCC)c1. The second-order valence-corrected chi connectivity index (χ2v) is 6.01. The molecule has 0 fully saturated rings. The zero-order valence-corrected chi connectivity index (χ0v) is 16.1. The highest BCUT2D eigenvalue weighted by molar-refractivity contribution is 6.05. The van der Waals surface area contributed by atoms with Crippen molar-refractivity contribution in [3.05, 3.63) is 53.6 Å². The van der Waals surface area contributed by atoms with Gasteiger partial charge in [0.2, 0.25) is 0 Å². The van der Waals surface area contributed by atoms with E-state index in [-0.39, 0.29) is 18.6 Å². The van der Waals surface area contributed by atoms with Crippen molar-refractivity contribution in [1.82, 2.24) is 0 Å². The predicted octanol–water partition coefficient (Wildman–Crippen LogP) is 4.30. The average Bonchev–Trinajstić information content (AvgIpc) is 2.63. The van der Waals surface area contributed by atoms with E-state index in [9.17, 15) is 9.59 Å². The first-order valence-corrected chi connectivity index (χ1v) is 8.96. The molecule has 2 aromatic carbocycles. The molecule has 0 aliphatic carbocycles. The van der Waals surface area contributed by atoms with Crippen LogP contribution in [-0.2, 0) is 4.74 Å². The number of amides is 1. The van der Waals surface area contributed by atoms with Gasteiger partial charge in [-0.15, -0.1) is 0 Å². The van der Waals surface area contributed by atoms with Crippen LogP contribution in [0.3, 0.4) is 0 Å². The highest BCUT2D eigenvalue weighted by Gasteiger charge is 2.14. The molecule has 6 heteroatoms. The summed E-state index contributed by atoms with van der Waals surface area (Å²) in [4.78, 5) is 24.4. The normalized spacial score (nSPS) is 10.4. The Bertz CT molecular complexity index is 784. The van der Waals surface area contributed by atoms with Gasteiger partial charge in [-0.3, -0.25) is 4.79 Å². The maximum absolute atomic E-state index is 12.5. The second-order valence-electron chi connectivity index (χ2n) is 6.01. The molecule has 27 heavy (non-hydrogen) atoms. The molecule has 0 atom stereocenters. The molecule has 0 aliphatic rings. The zero-order valence-electron chi connectivity index (χ0n) is 16.1. The summed E-state index contributed by atoms with van der Waals surface area (Å²) >= 11 is 0. The fourth-order valence-electron chi connectivity index (χ4n) is 2.39. The third-order valence-corrected chi connectivity index (χ3v) is 3.53. The highest BCUT2D eigenvalue weighted by atomic mass is 16.5. The lowest BCUT2D eigenvalue weighted by Gasteiger charge is -2.13. The maximum Gasteiger partial charge on any atom is 0.338 e. The molecule has 2 aromatic rings. The second kappa shape index (κ2) is 9.62. The number of ether oxygens (including phenoxy) is 3. The summed E-state index contributed by atoms with van der Waals surface area (Å²) < 4.78 is 16.1. The lowest BCUT2D eigenvalue weighted by atomic mass is 10.1. The highest BCUT2D eigenvalue weighted by Crippen LogP contribution is 2.27. The van der Waals surface area contributed by atoms with E-state index in [0.29, 0.717) is 34.9 Å². The van der Waals surface area contributed by atoms with Gasteiger partial charge in [0.05, 0.1) is 30.6 Å². The molecular weight excluding hydrogens is 346 g/mol. The summed E-state index contributed by atoms with van der Waals surface area (Å²) in [5, 5.41) is 2.81. The summed E-state index contributed by atoms with van der Waals surface area (Å²) in [6.07, 6.45) is 0.0661. The smallest absolute Gasteiger partial charge is 0.338 e. The predicted molar refractivity (Wildman–Crippen MR) is 104 cm³/mol. The lowest BCUT2D eigenvalue weighted by molar-refractivity contribution is 0.0526. The molecular formula is C21H25NO5. The van der Waals surface area contributed by atoms with Crippen LogP contribution in [0.25, 0.3) is 0 Å². The quantitative estimate of drug-likeness (QED) is 0.700. The number of nitrogens with one attached hydrogen (secondary N) is 1. The summed E-state index contributed by atoms with van der Waals surface area (Å²) in [5.41, 5.74) is 1.34. The van der Waals surface area contributed by atoms with Gasteiger partial charge in [0.15, 0.2) is 0 Å². The summed E-state index contributed by atoms with van der Waals surface area (Å²) in [5.74, 6) is 0.402. The number of esters is 1. The molecule has 0 unspecified atom stereocenters. The number of hydrogen-bond donors (Lipinski definition) is 1. The van der Waals surface area contributed by atoms with E-state index in [1.54, 1.807) is 49.4 Å². The van der Waals surface area contributed by atoms with Crippen LogP contribution in [0.15, 0.2) is 42.5 Å². The number of anilines is 1. The molecule has 0 saturated heterocycles. The molecule has 0 bridgehead atoms. The van der Waals surface area contributed by atoms with Gasteiger partial charge in [0.25, 0.3) is 5.91 Å². The van der Waals surface area contributed by atoms with Crippen molar-refractivity contribution in [3.63, 3.8) is 0 Å². The molecule has 144 valence electrons.